The molecule has 0 atom stereocenters. The molecular formula is C3H3F3N4. The van der Waals surface area contributed by atoms with Gasteiger partial charge in [-0.15, -0.1) is 10.2 Å². The number of anilines is 1. The first-order chi connectivity index (χ1) is 4.52. The second-order valence-corrected chi connectivity index (χ2v) is 1.56. The molecule has 1 heterocycles. The molecule has 1 aromatic heterocycles. The molecule has 0 radical (unpaired) electrons. The minimum absolute atomic E-state index is 0.632. The van der Waals surface area contributed by atoms with Gasteiger partial charge in [-0.05, 0) is 0 Å². The summed E-state index contributed by atoms with van der Waals surface area (Å²) in [5.74, 6) is -0.632. The summed E-state index contributed by atoms with van der Waals surface area (Å²) < 4.78 is 35.0. The minimum Gasteiger partial charge on any atom is -0.380 e. The van der Waals surface area contributed by atoms with Crippen molar-refractivity contribution in [3.8, 4) is 0 Å². The number of hydrogen-bond acceptors (Lipinski definition) is 3. The quantitative estimate of drug-likeness (QED) is 0.565. The lowest BCUT2D eigenvalue weighted by Gasteiger charge is -1.99. The molecule has 0 saturated heterocycles. The molecule has 3 N–H and O–H groups in total. The number of rotatable bonds is 0. The SMILES string of the molecule is Nc1n[nH]nc1C(F)(F)F. The fraction of sp³-hybridized carbons (Fsp3) is 0.333. The Morgan fingerprint density at radius 2 is 1.90 bits per heavy atom. The first kappa shape index (κ1) is 6.84. The topological polar surface area (TPSA) is 67.6 Å². The first-order valence-corrected chi connectivity index (χ1v) is 2.25. The molecule has 56 valence electrons. The zero-order chi connectivity index (χ0) is 7.78. The van der Waals surface area contributed by atoms with Crippen LogP contribution in [0.3, 0.4) is 0 Å². The van der Waals surface area contributed by atoms with E-state index in [2.05, 4.69) is 10.2 Å². The summed E-state index contributed by atoms with van der Waals surface area (Å²) in [5, 5.41) is 7.57. The molecule has 0 fully saturated rings. The van der Waals surface area contributed by atoms with Crippen molar-refractivity contribution in [1.29, 1.82) is 0 Å². The number of aromatic nitrogens is 3. The molecule has 0 bridgehead atoms. The standard InChI is InChI=1S/C3H3F3N4/c4-3(5,6)1-2(7)9-10-8-1/h(H3,7,8,9,10). The number of halogens is 3. The fourth-order valence-corrected chi connectivity index (χ4v) is 0.448. The number of aromatic amines is 1. The lowest BCUT2D eigenvalue weighted by atomic mass is 10.4. The average Bonchev–Trinajstić information content (AvgIpc) is 2.11. The van der Waals surface area contributed by atoms with Crippen LogP contribution in [0, 0.1) is 0 Å². The highest BCUT2D eigenvalue weighted by Gasteiger charge is 2.36. The summed E-state index contributed by atoms with van der Waals surface area (Å²) in [4.78, 5) is 0. The summed E-state index contributed by atoms with van der Waals surface area (Å²) >= 11 is 0. The number of nitrogens with one attached hydrogen (secondary N) is 1. The molecule has 0 unspecified atom stereocenters. The Labute approximate surface area is 53.2 Å². The Hall–Kier alpha value is -1.27. The van der Waals surface area contributed by atoms with Gasteiger partial charge in [-0.25, -0.2) is 0 Å². The Morgan fingerprint density at radius 1 is 1.30 bits per heavy atom. The number of nitrogens with two attached hydrogens (primary N) is 1. The molecule has 0 aliphatic rings. The molecule has 1 aromatic rings. The van der Waals surface area contributed by atoms with Gasteiger partial charge in [0.25, 0.3) is 0 Å². The molecular weight excluding hydrogens is 149 g/mol. The molecule has 10 heavy (non-hydrogen) atoms. The van der Waals surface area contributed by atoms with Crippen LogP contribution >= 0.6 is 0 Å². The summed E-state index contributed by atoms with van der Waals surface area (Å²) in [6.07, 6.45) is -4.52. The Kier molecular flexibility index (Phi) is 1.27. The van der Waals surface area contributed by atoms with Crippen molar-refractivity contribution in [1.82, 2.24) is 15.4 Å². The van der Waals surface area contributed by atoms with Crippen LogP contribution in [0.2, 0.25) is 0 Å². The second kappa shape index (κ2) is 1.86. The molecule has 4 nitrogen and oxygen atoms in total. The van der Waals surface area contributed by atoms with Crippen LogP contribution in [0.4, 0.5) is 19.0 Å². The second-order valence-electron chi connectivity index (χ2n) is 1.56. The Bertz CT molecular complexity index is 226. The minimum atomic E-state index is -4.52. The predicted molar refractivity (Wildman–Crippen MR) is 25.8 cm³/mol. The van der Waals surface area contributed by atoms with Crippen LogP contribution < -0.4 is 5.73 Å². The third-order valence-corrected chi connectivity index (χ3v) is 0.843. The van der Waals surface area contributed by atoms with Crippen molar-refractivity contribution in [2.75, 3.05) is 5.73 Å². The molecule has 0 aliphatic heterocycles. The Morgan fingerprint density at radius 3 is 2.10 bits per heavy atom. The van der Waals surface area contributed by atoms with E-state index in [1.54, 1.807) is 5.21 Å². The number of alkyl halides is 3. The van der Waals surface area contributed by atoms with Crippen LogP contribution in [-0.4, -0.2) is 15.4 Å². The van der Waals surface area contributed by atoms with Crippen LogP contribution in [0.25, 0.3) is 0 Å². The van der Waals surface area contributed by atoms with Gasteiger partial charge in [-0.1, -0.05) is 0 Å². The highest BCUT2D eigenvalue weighted by atomic mass is 19.4. The van der Waals surface area contributed by atoms with Gasteiger partial charge in [0.15, 0.2) is 5.82 Å². The van der Waals surface area contributed by atoms with E-state index in [0.29, 0.717) is 0 Å². The highest BCUT2D eigenvalue weighted by Crippen LogP contribution is 2.29. The number of nitrogen functional groups attached to an aromatic ring is 1. The number of hydrogen-bond donors (Lipinski definition) is 2. The molecule has 0 aliphatic carbocycles. The third-order valence-electron chi connectivity index (χ3n) is 0.843. The zero-order valence-corrected chi connectivity index (χ0v) is 4.61. The van der Waals surface area contributed by atoms with Crippen molar-refractivity contribution in [2.24, 2.45) is 0 Å². The molecule has 0 saturated carbocycles. The van der Waals surface area contributed by atoms with Crippen molar-refractivity contribution in [2.45, 2.75) is 6.18 Å². The van der Waals surface area contributed by atoms with Crippen LogP contribution in [0.15, 0.2) is 0 Å². The van der Waals surface area contributed by atoms with Gasteiger partial charge in [0.1, 0.15) is 0 Å². The lowest BCUT2D eigenvalue weighted by molar-refractivity contribution is -0.140. The highest BCUT2D eigenvalue weighted by molar-refractivity contribution is 5.33. The summed E-state index contributed by atoms with van der Waals surface area (Å²) in [7, 11) is 0. The molecule has 0 spiro atoms. The van der Waals surface area contributed by atoms with Crippen molar-refractivity contribution in [3.63, 3.8) is 0 Å². The van der Waals surface area contributed by atoms with E-state index < -0.39 is 17.7 Å². The first-order valence-electron chi connectivity index (χ1n) is 2.25. The third kappa shape index (κ3) is 1.02. The molecule has 1 rings (SSSR count). The largest absolute Gasteiger partial charge is 0.438 e. The molecule has 7 heteroatoms. The van der Waals surface area contributed by atoms with E-state index in [-0.39, 0.29) is 0 Å². The van der Waals surface area contributed by atoms with Gasteiger partial charge in [-0.3, -0.25) is 0 Å². The van der Waals surface area contributed by atoms with Gasteiger partial charge < -0.3 is 5.73 Å². The van der Waals surface area contributed by atoms with Gasteiger partial charge in [-0.2, -0.15) is 18.4 Å². The van der Waals surface area contributed by atoms with Gasteiger partial charge >= 0.3 is 6.18 Å². The monoisotopic (exact) mass is 152 g/mol. The average molecular weight is 152 g/mol. The van der Waals surface area contributed by atoms with Crippen molar-refractivity contribution in [3.05, 3.63) is 5.69 Å². The maximum absolute atomic E-state index is 11.7. The Balaban J connectivity index is 3.05. The van der Waals surface area contributed by atoms with E-state index in [1.165, 1.54) is 0 Å². The zero-order valence-electron chi connectivity index (χ0n) is 4.61. The van der Waals surface area contributed by atoms with E-state index in [1.807, 2.05) is 0 Å². The molecule has 0 amide bonds. The van der Waals surface area contributed by atoms with Crippen molar-refractivity contribution < 1.29 is 13.2 Å². The predicted octanol–water partition coefficient (Wildman–Crippen LogP) is 0.406. The van der Waals surface area contributed by atoms with E-state index >= 15 is 0 Å². The van der Waals surface area contributed by atoms with Gasteiger partial charge in [0, 0.05) is 0 Å². The maximum atomic E-state index is 11.7. The number of H-pyrrole nitrogens is 1. The maximum Gasteiger partial charge on any atom is 0.438 e. The summed E-state index contributed by atoms with van der Waals surface area (Å²) in [6.45, 7) is 0. The normalized spacial score (nSPS) is 11.9. The fourth-order valence-electron chi connectivity index (χ4n) is 0.448. The number of nitrogens with zero attached hydrogens (tertiary/aromatic N) is 2. The molecule has 0 aromatic carbocycles. The lowest BCUT2D eigenvalue weighted by Crippen LogP contribution is -2.08. The van der Waals surface area contributed by atoms with Gasteiger partial charge in [0.2, 0.25) is 5.69 Å². The van der Waals surface area contributed by atoms with Crippen LogP contribution in [0.5, 0.6) is 0 Å². The summed E-state index contributed by atoms with van der Waals surface area (Å²) in [6, 6.07) is 0. The summed E-state index contributed by atoms with van der Waals surface area (Å²) in [5.41, 5.74) is 3.63. The smallest absolute Gasteiger partial charge is 0.380 e. The van der Waals surface area contributed by atoms with Crippen LogP contribution in [0.1, 0.15) is 5.69 Å². The van der Waals surface area contributed by atoms with E-state index in [9.17, 15) is 13.2 Å². The van der Waals surface area contributed by atoms with Crippen molar-refractivity contribution >= 4 is 5.82 Å². The van der Waals surface area contributed by atoms with Crippen LogP contribution in [-0.2, 0) is 6.18 Å². The van der Waals surface area contributed by atoms with Gasteiger partial charge in [0.05, 0.1) is 0 Å². The van der Waals surface area contributed by atoms with E-state index in [4.69, 9.17) is 5.73 Å². The van der Waals surface area contributed by atoms with E-state index in [0.717, 1.165) is 0 Å².